The van der Waals surface area contributed by atoms with Crippen LogP contribution in [0.25, 0.3) is 0 Å². The van der Waals surface area contributed by atoms with E-state index >= 15 is 0 Å². The molecule has 3 aliphatic rings. The van der Waals surface area contributed by atoms with Gasteiger partial charge in [0.15, 0.2) is 0 Å². The molecule has 2 aliphatic carbocycles. The number of hydrogen-bond acceptors (Lipinski definition) is 2. The summed E-state index contributed by atoms with van der Waals surface area (Å²) in [6, 6.07) is 0.351. The number of carbonyl (C=O) groups is 1. The summed E-state index contributed by atoms with van der Waals surface area (Å²) in [5, 5.41) is 6.77. The summed E-state index contributed by atoms with van der Waals surface area (Å²) in [6.07, 6.45) is 4.88. The highest BCUT2D eigenvalue weighted by Gasteiger charge is 2.60. The van der Waals surface area contributed by atoms with Gasteiger partial charge in [-0.3, -0.25) is 4.79 Å². The van der Waals surface area contributed by atoms with Crippen molar-refractivity contribution in [2.45, 2.75) is 59.4 Å². The van der Waals surface area contributed by atoms with E-state index in [1.165, 1.54) is 19.3 Å². The minimum Gasteiger partial charge on any atom is -0.352 e. The van der Waals surface area contributed by atoms with Gasteiger partial charge >= 0.3 is 0 Å². The van der Waals surface area contributed by atoms with Crippen LogP contribution in [-0.2, 0) is 4.79 Å². The maximum Gasteiger partial charge on any atom is 0.227 e. The van der Waals surface area contributed by atoms with Crippen LogP contribution < -0.4 is 10.6 Å². The van der Waals surface area contributed by atoms with Gasteiger partial charge in [-0.05, 0) is 55.9 Å². The summed E-state index contributed by atoms with van der Waals surface area (Å²) in [5.74, 6) is 1.06. The molecular formula is C16H28N2O. The molecule has 0 spiro atoms. The molecule has 1 saturated heterocycles. The van der Waals surface area contributed by atoms with E-state index in [0.717, 1.165) is 25.4 Å². The fraction of sp³-hybridized carbons (Fsp3) is 0.938. The van der Waals surface area contributed by atoms with Crippen LogP contribution in [0.15, 0.2) is 0 Å². The number of hydrogen-bond donors (Lipinski definition) is 2. The lowest BCUT2D eigenvalue weighted by molar-refractivity contribution is -0.132. The fourth-order valence-electron chi connectivity index (χ4n) is 4.98. The second kappa shape index (κ2) is 3.97. The van der Waals surface area contributed by atoms with Crippen LogP contribution in [-0.4, -0.2) is 25.0 Å². The van der Waals surface area contributed by atoms with Gasteiger partial charge in [-0.2, -0.15) is 0 Å². The van der Waals surface area contributed by atoms with Crippen molar-refractivity contribution in [2.24, 2.45) is 22.2 Å². The maximum atomic E-state index is 12.7. The molecule has 19 heavy (non-hydrogen) atoms. The minimum atomic E-state index is -0.200. The summed E-state index contributed by atoms with van der Waals surface area (Å²) < 4.78 is 0. The van der Waals surface area contributed by atoms with Crippen molar-refractivity contribution in [2.75, 3.05) is 13.1 Å². The molecule has 2 saturated carbocycles. The van der Waals surface area contributed by atoms with Crippen LogP contribution in [0.1, 0.15) is 53.4 Å². The molecule has 108 valence electrons. The minimum absolute atomic E-state index is 0.200. The SMILES string of the molecule is CC1(C(=O)NC2C3(C)CCC(C3)C2(C)C)CCNC1. The first-order chi connectivity index (χ1) is 8.78. The first kappa shape index (κ1) is 13.4. The lowest BCUT2D eigenvalue weighted by atomic mass is 9.68. The van der Waals surface area contributed by atoms with E-state index < -0.39 is 0 Å². The first-order valence-corrected chi connectivity index (χ1v) is 7.80. The molecule has 4 unspecified atom stereocenters. The zero-order valence-corrected chi connectivity index (χ0v) is 12.8. The van der Waals surface area contributed by atoms with E-state index in [0.29, 0.717) is 11.5 Å². The van der Waals surface area contributed by atoms with Gasteiger partial charge in [-0.1, -0.05) is 20.8 Å². The molecule has 3 heteroatoms. The van der Waals surface area contributed by atoms with Crippen molar-refractivity contribution >= 4 is 5.91 Å². The van der Waals surface area contributed by atoms with E-state index in [1.54, 1.807) is 0 Å². The van der Waals surface area contributed by atoms with Crippen LogP contribution in [0.4, 0.5) is 0 Å². The second-order valence-corrected chi connectivity index (χ2v) is 8.31. The predicted molar refractivity (Wildman–Crippen MR) is 76.8 cm³/mol. The van der Waals surface area contributed by atoms with Gasteiger partial charge in [0.25, 0.3) is 0 Å². The molecule has 1 aliphatic heterocycles. The quantitative estimate of drug-likeness (QED) is 0.803. The van der Waals surface area contributed by atoms with Crippen LogP contribution in [0, 0.1) is 22.2 Å². The third-order valence-electron chi connectivity index (χ3n) is 6.46. The third kappa shape index (κ3) is 1.84. The molecule has 3 rings (SSSR count). The van der Waals surface area contributed by atoms with Crippen molar-refractivity contribution < 1.29 is 4.79 Å². The molecule has 1 amide bonds. The van der Waals surface area contributed by atoms with Gasteiger partial charge < -0.3 is 10.6 Å². The molecular weight excluding hydrogens is 236 g/mol. The molecule has 3 nitrogen and oxygen atoms in total. The van der Waals surface area contributed by atoms with Gasteiger partial charge in [-0.25, -0.2) is 0 Å². The average molecular weight is 264 g/mol. The van der Waals surface area contributed by atoms with E-state index in [1.807, 2.05) is 0 Å². The Labute approximate surface area is 116 Å². The fourth-order valence-corrected chi connectivity index (χ4v) is 4.98. The summed E-state index contributed by atoms with van der Waals surface area (Å²) in [7, 11) is 0. The van der Waals surface area contributed by atoms with Crippen molar-refractivity contribution in [1.82, 2.24) is 10.6 Å². The van der Waals surface area contributed by atoms with Crippen molar-refractivity contribution in [3.05, 3.63) is 0 Å². The van der Waals surface area contributed by atoms with Gasteiger partial charge in [0, 0.05) is 12.6 Å². The van der Waals surface area contributed by atoms with Crippen LogP contribution in [0.2, 0.25) is 0 Å². The Morgan fingerprint density at radius 1 is 1.21 bits per heavy atom. The molecule has 1 heterocycles. The number of fused-ring (bicyclic) bond motifs is 2. The smallest absolute Gasteiger partial charge is 0.227 e. The van der Waals surface area contributed by atoms with Crippen molar-refractivity contribution in [1.29, 1.82) is 0 Å². The lowest BCUT2D eigenvalue weighted by Gasteiger charge is -2.44. The standard InChI is InChI=1S/C16H28N2O/c1-14(2)11-5-6-15(3,9-11)12(14)18-13(19)16(4)7-8-17-10-16/h11-12,17H,5-10H2,1-4H3,(H,18,19). The van der Waals surface area contributed by atoms with Gasteiger partial charge in [0.05, 0.1) is 5.41 Å². The molecule has 3 fully saturated rings. The Morgan fingerprint density at radius 3 is 2.47 bits per heavy atom. The second-order valence-electron chi connectivity index (χ2n) is 8.31. The number of nitrogens with one attached hydrogen (secondary N) is 2. The van der Waals surface area contributed by atoms with Crippen molar-refractivity contribution in [3.63, 3.8) is 0 Å². The van der Waals surface area contributed by atoms with Crippen LogP contribution >= 0.6 is 0 Å². The molecule has 0 aromatic heterocycles. The molecule has 2 bridgehead atoms. The van der Waals surface area contributed by atoms with E-state index in [9.17, 15) is 4.79 Å². The highest BCUT2D eigenvalue weighted by molar-refractivity contribution is 5.83. The summed E-state index contributed by atoms with van der Waals surface area (Å²) in [4.78, 5) is 12.7. The van der Waals surface area contributed by atoms with Crippen LogP contribution in [0.3, 0.4) is 0 Å². The molecule has 0 aromatic carbocycles. The maximum absolute atomic E-state index is 12.7. The van der Waals surface area contributed by atoms with Crippen LogP contribution in [0.5, 0.6) is 0 Å². The van der Waals surface area contributed by atoms with E-state index in [4.69, 9.17) is 0 Å². The Bertz CT molecular complexity index is 393. The summed E-state index contributed by atoms with van der Waals surface area (Å²) in [5.41, 5.74) is 0.381. The zero-order chi connectivity index (χ0) is 13.9. The topological polar surface area (TPSA) is 41.1 Å². The predicted octanol–water partition coefficient (Wildman–Crippen LogP) is 2.32. The summed E-state index contributed by atoms with van der Waals surface area (Å²) in [6.45, 7) is 11.0. The summed E-state index contributed by atoms with van der Waals surface area (Å²) >= 11 is 0. The average Bonchev–Trinajstić information content (AvgIpc) is 2.96. The van der Waals surface area contributed by atoms with Gasteiger partial charge in [0.2, 0.25) is 5.91 Å². The van der Waals surface area contributed by atoms with E-state index in [2.05, 4.69) is 38.3 Å². The Kier molecular flexibility index (Phi) is 2.80. The molecule has 4 atom stereocenters. The Morgan fingerprint density at radius 2 is 1.95 bits per heavy atom. The highest BCUT2D eigenvalue weighted by atomic mass is 16.2. The monoisotopic (exact) mass is 264 g/mol. The first-order valence-electron chi connectivity index (χ1n) is 7.80. The number of rotatable bonds is 2. The van der Waals surface area contributed by atoms with Gasteiger partial charge in [0.1, 0.15) is 0 Å². The molecule has 2 N–H and O–H groups in total. The molecule has 0 radical (unpaired) electrons. The Hall–Kier alpha value is -0.570. The number of carbonyl (C=O) groups excluding carboxylic acids is 1. The van der Waals surface area contributed by atoms with Gasteiger partial charge in [-0.15, -0.1) is 0 Å². The lowest BCUT2D eigenvalue weighted by Crippen LogP contribution is -2.55. The van der Waals surface area contributed by atoms with E-state index in [-0.39, 0.29) is 16.7 Å². The highest BCUT2D eigenvalue weighted by Crippen LogP contribution is 2.62. The normalized spacial score (nSPS) is 47.6. The van der Waals surface area contributed by atoms with Crippen molar-refractivity contribution in [3.8, 4) is 0 Å². The third-order valence-corrected chi connectivity index (χ3v) is 6.46. The zero-order valence-electron chi connectivity index (χ0n) is 12.8. The molecule has 0 aromatic rings. The largest absolute Gasteiger partial charge is 0.352 e. The Balaban J connectivity index is 1.78. The number of amides is 1.